The molecule has 2 atom stereocenters. The predicted molar refractivity (Wildman–Crippen MR) is 68.3 cm³/mol. The molecule has 0 aromatic carbocycles. The normalized spacial score (nSPS) is 21.5. The number of guanidine groups is 1. The molecular formula is C10H22N6O. The van der Waals surface area contributed by atoms with Crippen LogP contribution in [0.15, 0.2) is 9.98 Å². The summed E-state index contributed by atoms with van der Waals surface area (Å²) in [5.74, 6) is 0.105. The Bertz CT molecular complexity index is 280. The second-order valence-electron chi connectivity index (χ2n) is 4.15. The van der Waals surface area contributed by atoms with Gasteiger partial charge in [0.2, 0.25) is 12.3 Å². The summed E-state index contributed by atoms with van der Waals surface area (Å²) in [4.78, 5) is 9.20. The highest BCUT2D eigenvalue weighted by atomic mass is 16.3. The second kappa shape index (κ2) is 7.21. The first-order valence-corrected chi connectivity index (χ1v) is 5.90. The van der Waals surface area contributed by atoms with Gasteiger partial charge in [-0.15, -0.1) is 0 Å². The van der Waals surface area contributed by atoms with Crippen molar-refractivity contribution in [1.29, 1.82) is 0 Å². The van der Waals surface area contributed by atoms with Crippen molar-refractivity contribution in [2.45, 2.75) is 38.1 Å². The van der Waals surface area contributed by atoms with Gasteiger partial charge in [0.05, 0.1) is 6.34 Å². The smallest absolute Gasteiger partial charge is 0.229 e. The van der Waals surface area contributed by atoms with Gasteiger partial charge in [-0.3, -0.25) is 0 Å². The van der Waals surface area contributed by atoms with Gasteiger partial charge in [0.15, 0.2) is 0 Å². The van der Waals surface area contributed by atoms with Crippen LogP contribution in [0.5, 0.6) is 0 Å². The fourth-order valence-corrected chi connectivity index (χ4v) is 1.65. The minimum atomic E-state index is -0.923. The first-order valence-electron chi connectivity index (χ1n) is 5.90. The third-order valence-electron chi connectivity index (χ3n) is 2.65. The molecule has 98 valence electrons. The SMILES string of the molecule is NCCC[C@H](N)CCCN1C=NC(N)=NC1O. The Balaban J connectivity index is 2.17. The van der Waals surface area contributed by atoms with Crippen molar-refractivity contribution in [2.24, 2.45) is 27.2 Å². The highest BCUT2D eigenvalue weighted by Crippen LogP contribution is 2.06. The summed E-state index contributed by atoms with van der Waals surface area (Å²) in [6.07, 6.45) is 4.26. The third-order valence-corrected chi connectivity index (χ3v) is 2.65. The molecule has 0 bridgehead atoms. The molecule has 7 N–H and O–H groups in total. The molecule has 0 aromatic rings. The summed E-state index contributed by atoms with van der Waals surface area (Å²) in [5.41, 5.74) is 16.7. The monoisotopic (exact) mass is 242 g/mol. The maximum absolute atomic E-state index is 9.57. The molecule has 0 spiro atoms. The standard InChI is InChI=1S/C10H22N6O/c11-5-1-3-8(12)4-2-6-16-7-14-9(13)15-10(16)17/h7-8,10,17H,1-6,11-12H2,(H2,13,15)/t8-,10?/m0/s1. The number of rotatable bonds is 7. The van der Waals surface area contributed by atoms with Crippen molar-refractivity contribution in [1.82, 2.24) is 4.90 Å². The largest absolute Gasteiger partial charge is 0.368 e. The number of nitrogens with two attached hydrogens (primary N) is 3. The van der Waals surface area contributed by atoms with E-state index >= 15 is 0 Å². The number of aliphatic imine (C=N–C) groups is 2. The van der Waals surface area contributed by atoms with E-state index in [0.717, 1.165) is 25.7 Å². The lowest BCUT2D eigenvalue weighted by molar-refractivity contribution is 0.0618. The van der Waals surface area contributed by atoms with Crippen molar-refractivity contribution in [3.63, 3.8) is 0 Å². The molecule has 1 unspecified atom stereocenters. The van der Waals surface area contributed by atoms with Gasteiger partial charge in [-0.2, -0.15) is 4.99 Å². The van der Waals surface area contributed by atoms with E-state index in [2.05, 4.69) is 9.98 Å². The zero-order valence-electron chi connectivity index (χ0n) is 10.00. The van der Waals surface area contributed by atoms with Gasteiger partial charge >= 0.3 is 0 Å². The lowest BCUT2D eigenvalue weighted by Gasteiger charge is -2.25. The quantitative estimate of drug-likeness (QED) is 0.444. The molecular weight excluding hydrogens is 220 g/mol. The van der Waals surface area contributed by atoms with E-state index in [1.54, 1.807) is 4.90 Å². The fraction of sp³-hybridized carbons (Fsp3) is 0.800. The predicted octanol–water partition coefficient (Wildman–Crippen LogP) is -1.23. The van der Waals surface area contributed by atoms with Crippen molar-refractivity contribution < 1.29 is 5.11 Å². The van der Waals surface area contributed by atoms with E-state index in [4.69, 9.17) is 17.2 Å². The van der Waals surface area contributed by atoms with Gasteiger partial charge in [0, 0.05) is 12.6 Å². The molecule has 0 aromatic heterocycles. The van der Waals surface area contributed by atoms with Crippen molar-refractivity contribution in [3.8, 4) is 0 Å². The Hall–Kier alpha value is -1.18. The molecule has 7 heteroatoms. The highest BCUT2D eigenvalue weighted by Gasteiger charge is 2.15. The van der Waals surface area contributed by atoms with E-state index < -0.39 is 6.35 Å². The summed E-state index contributed by atoms with van der Waals surface area (Å²) < 4.78 is 0. The maximum atomic E-state index is 9.57. The van der Waals surface area contributed by atoms with Crippen LogP contribution >= 0.6 is 0 Å². The maximum Gasteiger partial charge on any atom is 0.229 e. The molecule has 1 rings (SSSR count). The van der Waals surface area contributed by atoms with Crippen LogP contribution in [0, 0.1) is 0 Å². The van der Waals surface area contributed by atoms with Crippen LogP contribution in [0.1, 0.15) is 25.7 Å². The van der Waals surface area contributed by atoms with E-state index in [-0.39, 0.29) is 12.0 Å². The van der Waals surface area contributed by atoms with Crippen molar-refractivity contribution in [2.75, 3.05) is 13.1 Å². The van der Waals surface area contributed by atoms with Crippen LogP contribution < -0.4 is 17.2 Å². The molecule has 17 heavy (non-hydrogen) atoms. The zero-order chi connectivity index (χ0) is 12.7. The topological polar surface area (TPSA) is 126 Å². The van der Waals surface area contributed by atoms with E-state index in [1.165, 1.54) is 6.34 Å². The molecule has 1 aliphatic heterocycles. The first kappa shape index (κ1) is 13.9. The number of aliphatic hydroxyl groups is 1. The van der Waals surface area contributed by atoms with Crippen LogP contribution in [-0.2, 0) is 0 Å². The Morgan fingerprint density at radius 1 is 1.41 bits per heavy atom. The van der Waals surface area contributed by atoms with Crippen molar-refractivity contribution >= 4 is 12.3 Å². The first-order chi connectivity index (χ1) is 8.13. The fourth-order valence-electron chi connectivity index (χ4n) is 1.65. The number of nitrogens with zero attached hydrogens (tertiary/aromatic N) is 3. The molecule has 0 aliphatic carbocycles. The number of hydrogen-bond acceptors (Lipinski definition) is 7. The summed E-state index contributed by atoms with van der Waals surface area (Å²) in [6, 6.07) is 0.172. The van der Waals surface area contributed by atoms with Gasteiger partial charge in [-0.05, 0) is 32.2 Å². The molecule has 0 radical (unpaired) electrons. The summed E-state index contributed by atoms with van der Waals surface area (Å²) >= 11 is 0. The van der Waals surface area contributed by atoms with Crippen LogP contribution in [0.25, 0.3) is 0 Å². The molecule has 1 aliphatic rings. The Morgan fingerprint density at radius 3 is 2.76 bits per heavy atom. The minimum absolute atomic E-state index is 0.105. The van der Waals surface area contributed by atoms with E-state index in [1.807, 2.05) is 0 Å². The summed E-state index contributed by atoms with van der Waals surface area (Å²) in [5, 5.41) is 9.57. The Kier molecular flexibility index (Phi) is 5.88. The molecule has 0 saturated heterocycles. The average molecular weight is 242 g/mol. The van der Waals surface area contributed by atoms with E-state index in [9.17, 15) is 5.11 Å². The number of hydrogen-bond donors (Lipinski definition) is 4. The van der Waals surface area contributed by atoms with Crippen molar-refractivity contribution in [3.05, 3.63) is 0 Å². The van der Waals surface area contributed by atoms with Gasteiger partial charge in [0.25, 0.3) is 0 Å². The lowest BCUT2D eigenvalue weighted by atomic mass is 10.1. The van der Waals surface area contributed by atoms with Gasteiger partial charge in [-0.1, -0.05) is 0 Å². The molecule has 0 fully saturated rings. The van der Waals surface area contributed by atoms with Crippen LogP contribution in [0.4, 0.5) is 0 Å². The molecule has 0 saturated carbocycles. The van der Waals surface area contributed by atoms with Crippen LogP contribution in [0.3, 0.4) is 0 Å². The molecule has 7 nitrogen and oxygen atoms in total. The van der Waals surface area contributed by atoms with Crippen LogP contribution in [0.2, 0.25) is 0 Å². The summed E-state index contributed by atoms with van der Waals surface area (Å²) in [7, 11) is 0. The minimum Gasteiger partial charge on any atom is -0.368 e. The third kappa shape index (κ3) is 5.12. The molecule has 0 amide bonds. The second-order valence-corrected chi connectivity index (χ2v) is 4.15. The Morgan fingerprint density at radius 2 is 2.12 bits per heavy atom. The van der Waals surface area contributed by atoms with Crippen LogP contribution in [-0.4, -0.2) is 47.8 Å². The van der Waals surface area contributed by atoms with Gasteiger partial charge in [0.1, 0.15) is 0 Å². The summed E-state index contributed by atoms with van der Waals surface area (Å²) in [6.45, 7) is 1.34. The lowest BCUT2D eigenvalue weighted by Crippen LogP contribution is -2.39. The molecule has 1 heterocycles. The van der Waals surface area contributed by atoms with Gasteiger partial charge in [-0.25, -0.2) is 4.99 Å². The zero-order valence-corrected chi connectivity index (χ0v) is 10.00. The van der Waals surface area contributed by atoms with E-state index in [0.29, 0.717) is 13.1 Å². The van der Waals surface area contributed by atoms with Gasteiger partial charge < -0.3 is 27.2 Å². The number of aliphatic hydroxyl groups excluding tert-OH is 1. The highest BCUT2D eigenvalue weighted by molar-refractivity contribution is 5.87. The Labute approximate surface area is 101 Å². The average Bonchev–Trinajstić information content (AvgIpc) is 2.29.